The summed E-state index contributed by atoms with van der Waals surface area (Å²) in [6.07, 6.45) is 1.66. The second-order valence-corrected chi connectivity index (χ2v) is 5.26. The van der Waals surface area contributed by atoms with Gasteiger partial charge >= 0.3 is 0 Å². The van der Waals surface area contributed by atoms with Gasteiger partial charge in [-0.15, -0.1) is 11.6 Å². The van der Waals surface area contributed by atoms with Crippen molar-refractivity contribution in [1.29, 1.82) is 0 Å². The predicted octanol–water partition coefficient (Wildman–Crippen LogP) is 1.27. The molecule has 3 nitrogen and oxygen atoms in total. The molecule has 0 aromatic rings. The zero-order valence-electron chi connectivity index (χ0n) is 10.2. The van der Waals surface area contributed by atoms with Crippen LogP contribution < -0.4 is 0 Å². The molecule has 0 saturated carbocycles. The van der Waals surface area contributed by atoms with Crippen LogP contribution >= 0.6 is 11.6 Å². The van der Waals surface area contributed by atoms with Gasteiger partial charge in [0.1, 0.15) is 0 Å². The van der Waals surface area contributed by atoms with Crippen molar-refractivity contribution in [3.05, 3.63) is 0 Å². The van der Waals surface area contributed by atoms with Crippen molar-refractivity contribution in [2.24, 2.45) is 5.92 Å². The van der Waals surface area contributed by atoms with Gasteiger partial charge in [-0.3, -0.25) is 4.90 Å². The van der Waals surface area contributed by atoms with Crippen molar-refractivity contribution < 1.29 is 4.74 Å². The van der Waals surface area contributed by atoms with Crippen molar-refractivity contribution in [1.82, 2.24) is 9.80 Å². The second-order valence-electron chi connectivity index (χ2n) is 4.95. The number of likely N-dealkylation sites (N-methyl/N-ethyl adjacent to an activating group) is 1. The molecule has 2 rings (SSSR count). The summed E-state index contributed by atoms with van der Waals surface area (Å²) in [7, 11) is 0. The van der Waals surface area contributed by atoms with Gasteiger partial charge in [0.15, 0.2) is 0 Å². The fourth-order valence-electron chi connectivity index (χ4n) is 2.67. The Morgan fingerprint density at radius 2 is 2.12 bits per heavy atom. The maximum absolute atomic E-state index is 5.90. The fourth-order valence-corrected chi connectivity index (χ4v) is 2.92. The maximum Gasteiger partial charge on any atom is 0.0829 e. The first-order valence-electron chi connectivity index (χ1n) is 6.44. The third kappa shape index (κ3) is 3.33. The number of rotatable bonds is 4. The zero-order chi connectivity index (χ0) is 11.4. The van der Waals surface area contributed by atoms with Crippen LogP contribution in [0.1, 0.15) is 13.3 Å². The highest BCUT2D eigenvalue weighted by atomic mass is 35.5. The molecule has 0 spiro atoms. The highest BCUT2D eigenvalue weighted by Gasteiger charge is 2.26. The normalized spacial score (nSPS) is 33.4. The Bertz CT molecular complexity index is 215. The van der Waals surface area contributed by atoms with Crippen molar-refractivity contribution in [3.63, 3.8) is 0 Å². The summed E-state index contributed by atoms with van der Waals surface area (Å²) in [5, 5.41) is 0. The van der Waals surface area contributed by atoms with Gasteiger partial charge in [-0.1, -0.05) is 6.92 Å². The molecule has 0 aromatic carbocycles. The SMILES string of the molecule is CCN1CCOC(CN2CCC(CCl)C2)C1. The molecule has 0 aromatic heterocycles. The number of likely N-dealkylation sites (tertiary alicyclic amines) is 1. The summed E-state index contributed by atoms with van der Waals surface area (Å²) in [5.41, 5.74) is 0. The van der Waals surface area contributed by atoms with E-state index in [0.29, 0.717) is 12.0 Å². The first kappa shape index (κ1) is 12.6. The van der Waals surface area contributed by atoms with Gasteiger partial charge in [-0.25, -0.2) is 0 Å². The van der Waals surface area contributed by atoms with Crippen molar-refractivity contribution in [3.8, 4) is 0 Å². The van der Waals surface area contributed by atoms with Crippen molar-refractivity contribution in [2.45, 2.75) is 19.4 Å². The summed E-state index contributed by atoms with van der Waals surface area (Å²) < 4.78 is 5.82. The Hall–Kier alpha value is 0.170. The molecule has 94 valence electrons. The van der Waals surface area contributed by atoms with Gasteiger partial charge in [0, 0.05) is 32.1 Å². The van der Waals surface area contributed by atoms with Crippen LogP contribution in [0.15, 0.2) is 0 Å². The second kappa shape index (κ2) is 6.20. The molecular formula is C12H23ClN2O. The summed E-state index contributed by atoms with van der Waals surface area (Å²) in [4.78, 5) is 4.99. The lowest BCUT2D eigenvalue weighted by atomic mass is 10.2. The van der Waals surface area contributed by atoms with Crippen LogP contribution in [0.3, 0.4) is 0 Å². The predicted molar refractivity (Wildman–Crippen MR) is 67.1 cm³/mol. The van der Waals surface area contributed by atoms with E-state index in [2.05, 4.69) is 16.7 Å². The molecule has 2 unspecified atom stereocenters. The molecule has 16 heavy (non-hydrogen) atoms. The maximum atomic E-state index is 5.90. The van der Waals surface area contributed by atoms with Gasteiger partial charge in [0.2, 0.25) is 0 Å². The van der Waals surface area contributed by atoms with Crippen LogP contribution in [-0.2, 0) is 4.74 Å². The van der Waals surface area contributed by atoms with E-state index in [9.17, 15) is 0 Å². The lowest BCUT2D eigenvalue weighted by Gasteiger charge is -2.34. The Labute approximate surface area is 104 Å². The van der Waals surface area contributed by atoms with Crippen LogP contribution in [0.2, 0.25) is 0 Å². The molecular weight excluding hydrogens is 224 g/mol. The van der Waals surface area contributed by atoms with E-state index in [1.54, 1.807) is 0 Å². The van der Waals surface area contributed by atoms with Gasteiger partial charge in [-0.05, 0) is 25.4 Å². The summed E-state index contributed by atoms with van der Waals surface area (Å²) in [5.74, 6) is 1.51. The Balaban J connectivity index is 1.73. The van der Waals surface area contributed by atoms with Gasteiger partial charge in [-0.2, -0.15) is 0 Å². The van der Waals surface area contributed by atoms with Gasteiger partial charge in [0.05, 0.1) is 12.7 Å². The monoisotopic (exact) mass is 246 g/mol. The zero-order valence-corrected chi connectivity index (χ0v) is 11.0. The van der Waals surface area contributed by atoms with Crippen molar-refractivity contribution >= 4 is 11.6 Å². The Morgan fingerprint density at radius 3 is 2.81 bits per heavy atom. The van der Waals surface area contributed by atoms with E-state index in [4.69, 9.17) is 16.3 Å². The molecule has 2 atom stereocenters. The van der Waals surface area contributed by atoms with Crippen LogP contribution in [0.25, 0.3) is 0 Å². The fraction of sp³-hybridized carbons (Fsp3) is 1.00. The van der Waals surface area contributed by atoms with Crippen LogP contribution in [0.4, 0.5) is 0 Å². The number of nitrogens with zero attached hydrogens (tertiary/aromatic N) is 2. The standard InChI is InChI=1S/C12H23ClN2O/c1-2-14-5-6-16-12(9-14)10-15-4-3-11(7-13)8-15/h11-12H,2-10H2,1H3. The highest BCUT2D eigenvalue weighted by molar-refractivity contribution is 6.18. The average molecular weight is 247 g/mol. The third-order valence-corrected chi connectivity index (χ3v) is 4.16. The number of ether oxygens (including phenoxy) is 1. The largest absolute Gasteiger partial charge is 0.374 e. The first-order chi connectivity index (χ1) is 7.81. The Kier molecular flexibility index (Phi) is 4.89. The number of halogens is 1. The molecule has 0 bridgehead atoms. The van der Waals surface area contributed by atoms with Gasteiger partial charge < -0.3 is 9.64 Å². The van der Waals surface area contributed by atoms with E-state index in [1.807, 2.05) is 0 Å². The number of alkyl halides is 1. The van der Waals surface area contributed by atoms with E-state index in [-0.39, 0.29) is 0 Å². The van der Waals surface area contributed by atoms with E-state index < -0.39 is 0 Å². The number of hydrogen-bond acceptors (Lipinski definition) is 3. The molecule has 2 aliphatic heterocycles. The van der Waals surface area contributed by atoms with E-state index >= 15 is 0 Å². The number of hydrogen-bond donors (Lipinski definition) is 0. The highest BCUT2D eigenvalue weighted by Crippen LogP contribution is 2.18. The lowest BCUT2D eigenvalue weighted by molar-refractivity contribution is -0.0394. The molecule has 2 heterocycles. The Morgan fingerprint density at radius 1 is 1.25 bits per heavy atom. The molecule has 0 N–H and O–H groups in total. The minimum absolute atomic E-state index is 0.405. The quantitative estimate of drug-likeness (QED) is 0.695. The lowest BCUT2D eigenvalue weighted by Crippen LogP contribution is -2.47. The molecule has 0 amide bonds. The molecule has 2 saturated heterocycles. The number of morpholine rings is 1. The average Bonchev–Trinajstić information content (AvgIpc) is 2.77. The minimum Gasteiger partial charge on any atom is -0.374 e. The molecule has 0 radical (unpaired) electrons. The molecule has 0 aliphatic carbocycles. The summed E-state index contributed by atoms with van der Waals surface area (Å²) >= 11 is 5.90. The topological polar surface area (TPSA) is 15.7 Å². The summed E-state index contributed by atoms with van der Waals surface area (Å²) in [6.45, 7) is 9.90. The molecule has 4 heteroatoms. The molecule has 2 fully saturated rings. The minimum atomic E-state index is 0.405. The smallest absolute Gasteiger partial charge is 0.0829 e. The van der Waals surface area contributed by atoms with E-state index in [1.165, 1.54) is 13.0 Å². The first-order valence-corrected chi connectivity index (χ1v) is 6.97. The van der Waals surface area contributed by atoms with E-state index in [0.717, 1.165) is 45.2 Å². The summed E-state index contributed by atoms with van der Waals surface area (Å²) in [6, 6.07) is 0. The van der Waals surface area contributed by atoms with Crippen molar-refractivity contribution in [2.75, 3.05) is 51.8 Å². The van der Waals surface area contributed by atoms with Crippen LogP contribution in [-0.4, -0.2) is 67.7 Å². The van der Waals surface area contributed by atoms with Crippen LogP contribution in [0.5, 0.6) is 0 Å². The van der Waals surface area contributed by atoms with Crippen LogP contribution in [0, 0.1) is 5.92 Å². The molecule has 2 aliphatic rings. The third-order valence-electron chi connectivity index (χ3n) is 3.72. The van der Waals surface area contributed by atoms with Gasteiger partial charge in [0.25, 0.3) is 0 Å².